The van der Waals surface area contributed by atoms with Crippen LogP contribution in [0.1, 0.15) is 53.5 Å². The van der Waals surface area contributed by atoms with Crippen molar-refractivity contribution in [3.05, 3.63) is 23.6 Å². The molecule has 1 aromatic rings. The molecule has 0 aliphatic heterocycles. The van der Waals surface area contributed by atoms with Crippen molar-refractivity contribution in [3.63, 3.8) is 0 Å². The van der Waals surface area contributed by atoms with E-state index in [-0.39, 0.29) is 17.4 Å². The lowest BCUT2D eigenvalue weighted by molar-refractivity contribution is 0.417. The van der Waals surface area contributed by atoms with Crippen molar-refractivity contribution >= 4 is 5.82 Å². The van der Waals surface area contributed by atoms with Crippen LogP contribution in [0.2, 0.25) is 0 Å². The molecule has 0 fully saturated rings. The van der Waals surface area contributed by atoms with Gasteiger partial charge in [0.25, 0.3) is 0 Å². The number of hydrogen-bond acceptors (Lipinski definition) is 3. The highest BCUT2D eigenvalue weighted by atomic mass is 19.1. The lowest BCUT2D eigenvalue weighted by atomic mass is 10.0. The first kappa shape index (κ1) is 17.9. The summed E-state index contributed by atoms with van der Waals surface area (Å²) in [6.45, 7) is 13.2. The second-order valence-corrected chi connectivity index (χ2v) is 7.30. The highest BCUT2D eigenvalue weighted by molar-refractivity contribution is 5.43. The zero-order valence-corrected chi connectivity index (χ0v) is 14.5. The summed E-state index contributed by atoms with van der Waals surface area (Å²) >= 11 is 0. The summed E-state index contributed by atoms with van der Waals surface area (Å²) in [6, 6.07) is 2.01. The Balaban J connectivity index is 2.89. The summed E-state index contributed by atoms with van der Waals surface area (Å²) in [6.07, 6.45) is 2.71. The Morgan fingerprint density at radius 3 is 2.43 bits per heavy atom. The molecule has 3 nitrogen and oxygen atoms in total. The van der Waals surface area contributed by atoms with Gasteiger partial charge >= 0.3 is 0 Å². The van der Waals surface area contributed by atoms with E-state index in [1.54, 1.807) is 12.3 Å². The number of anilines is 1. The molecule has 1 atom stereocenters. The molecule has 1 unspecified atom stereocenters. The largest absolute Gasteiger partial charge is 0.355 e. The molecule has 0 aliphatic carbocycles. The van der Waals surface area contributed by atoms with Gasteiger partial charge in [-0.15, -0.1) is 0 Å². The zero-order valence-electron chi connectivity index (χ0n) is 14.5. The molecule has 1 aromatic heterocycles. The monoisotopic (exact) mass is 295 g/mol. The first-order valence-electron chi connectivity index (χ1n) is 7.73. The van der Waals surface area contributed by atoms with E-state index < -0.39 is 0 Å². The van der Waals surface area contributed by atoms with Gasteiger partial charge in [0.15, 0.2) is 11.6 Å². The quantitative estimate of drug-likeness (QED) is 0.860. The summed E-state index contributed by atoms with van der Waals surface area (Å²) in [5.74, 6) is 0.806. The molecule has 0 saturated heterocycles. The van der Waals surface area contributed by atoms with Gasteiger partial charge in [-0.3, -0.25) is 0 Å². The average molecular weight is 295 g/mol. The molecule has 4 heteroatoms. The van der Waals surface area contributed by atoms with E-state index in [4.69, 9.17) is 0 Å². The van der Waals surface area contributed by atoms with Gasteiger partial charge in [0.05, 0.1) is 0 Å². The Labute approximate surface area is 129 Å². The Hall–Kier alpha value is -1.16. The third-order valence-corrected chi connectivity index (χ3v) is 3.57. The van der Waals surface area contributed by atoms with Crippen LogP contribution in [-0.2, 0) is 6.54 Å². The maximum Gasteiger partial charge on any atom is 0.170 e. The SMILES string of the molecule is CC(C)CC(C)N(C)c1nccc(CNC(C)(C)C)c1F. The molecule has 120 valence electrons. The lowest BCUT2D eigenvalue weighted by Gasteiger charge is -2.28. The fraction of sp³-hybridized carbons (Fsp3) is 0.706. The highest BCUT2D eigenvalue weighted by Crippen LogP contribution is 2.22. The van der Waals surface area contributed by atoms with Gasteiger partial charge in [0.2, 0.25) is 0 Å². The van der Waals surface area contributed by atoms with E-state index in [2.05, 4.69) is 51.8 Å². The Kier molecular flexibility index (Phi) is 6.14. The molecule has 0 bridgehead atoms. The number of aromatic nitrogens is 1. The van der Waals surface area contributed by atoms with E-state index in [1.165, 1.54) is 0 Å². The fourth-order valence-electron chi connectivity index (χ4n) is 2.26. The third kappa shape index (κ3) is 5.62. The van der Waals surface area contributed by atoms with Crippen molar-refractivity contribution in [1.29, 1.82) is 0 Å². The molecule has 1 rings (SSSR count). The smallest absolute Gasteiger partial charge is 0.170 e. The minimum Gasteiger partial charge on any atom is -0.355 e. The van der Waals surface area contributed by atoms with Crippen LogP contribution in [-0.4, -0.2) is 23.6 Å². The molecule has 0 spiro atoms. The van der Waals surface area contributed by atoms with E-state index in [0.29, 0.717) is 23.8 Å². The lowest BCUT2D eigenvalue weighted by Crippen LogP contribution is -2.36. The summed E-state index contributed by atoms with van der Waals surface area (Å²) in [5.41, 5.74) is 0.630. The van der Waals surface area contributed by atoms with Crippen molar-refractivity contribution in [3.8, 4) is 0 Å². The van der Waals surface area contributed by atoms with Gasteiger partial charge < -0.3 is 10.2 Å². The number of nitrogens with zero attached hydrogens (tertiary/aromatic N) is 2. The summed E-state index contributed by atoms with van der Waals surface area (Å²) in [5, 5.41) is 3.32. The number of hydrogen-bond donors (Lipinski definition) is 1. The minimum atomic E-state index is -0.215. The van der Waals surface area contributed by atoms with Crippen molar-refractivity contribution in [2.45, 2.75) is 66.1 Å². The molecular formula is C17H30FN3. The summed E-state index contributed by atoms with van der Waals surface area (Å²) in [7, 11) is 1.92. The van der Waals surface area contributed by atoms with Crippen LogP contribution in [0.4, 0.5) is 10.2 Å². The van der Waals surface area contributed by atoms with Crippen LogP contribution in [0.3, 0.4) is 0 Å². The number of pyridine rings is 1. The van der Waals surface area contributed by atoms with Crippen LogP contribution >= 0.6 is 0 Å². The first-order chi connectivity index (χ1) is 9.61. The van der Waals surface area contributed by atoms with Crippen LogP contribution in [0.25, 0.3) is 0 Å². The molecule has 0 aliphatic rings. The zero-order chi connectivity index (χ0) is 16.2. The highest BCUT2D eigenvalue weighted by Gasteiger charge is 2.19. The standard InChI is InChI=1S/C17H30FN3/c1-12(2)10-13(3)21(7)16-15(18)14(8-9-19-16)11-20-17(4,5)6/h8-9,12-13,20H,10-11H2,1-7H3. The summed E-state index contributed by atoms with van der Waals surface area (Å²) < 4.78 is 14.7. The number of nitrogens with one attached hydrogen (secondary N) is 1. The van der Waals surface area contributed by atoms with Gasteiger partial charge in [-0.25, -0.2) is 9.37 Å². The Morgan fingerprint density at radius 2 is 1.90 bits per heavy atom. The predicted molar refractivity (Wildman–Crippen MR) is 88.1 cm³/mol. The molecule has 0 aromatic carbocycles. The normalized spacial score (nSPS) is 13.6. The second kappa shape index (κ2) is 7.21. The average Bonchev–Trinajstić information content (AvgIpc) is 2.35. The molecule has 0 amide bonds. The Morgan fingerprint density at radius 1 is 1.29 bits per heavy atom. The van der Waals surface area contributed by atoms with Crippen molar-refractivity contribution in [2.75, 3.05) is 11.9 Å². The third-order valence-electron chi connectivity index (χ3n) is 3.57. The molecular weight excluding hydrogens is 265 g/mol. The maximum atomic E-state index is 14.7. The fourth-order valence-corrected chi connectivity index (χ4v) is 2.26. The van der Waals surface area contributed by atoms with E-state index in [1.807, 2.05) is 11.9 Å². The van der Waals surface area contributed by atoms with Crippen molar-refractivity contribution in [2.24, 2.45) is 5.92 Å². The Bertz CT molecular complexity index is 452. The molecule has 0 saturated carbocycles. The van der Waals surface area contributed by atoms with Crippen molar-refractivity contribution < 1.29 is 4.39 Å². The number of halogens is 1. The first-order valence-corrected chi connectivity index (χ1v) is 7.73. The molecule has 0 radical (unpaired) electrons. The number of rotatable bonds is 6. The van der Waals surface area contributed by atoms with Gasteiger partial charge in [-0.05, 0) is 46.1 Å². The van der Waals surface area contributed by atoms with Gasteiger partial charge in [0, 0.05) is 36.9 Å². The second-order valence-electron chi connectivity index (χ2n) is 7.30. The summed E-state index contributed by atoms with van der Waals surface area (Å²) in [4.78, 5) is 6.18. The van der Waals surface area contributed by atoms with Gasteiger partial charge in [-0.2, -0.15) is 0 Å². The van der Waals surface area contributed by atoms with Gasteiger partial charge in [0.1, 0.15) is 0 Å². The minimum absolute atomic E-state index is 0.0350. The van der Waals surface area contributed by atoms with Gasteiger partial charge in [-0.1, -0.05) is 13.8 Å². The van der Waals surface area contributed by atoms with Crippen LogP contribution < -0.4 is 10.2 Å². The van der Waals surface area contributed by atoms with E-state index >= 15 is 0 Å². The topological polar surface area (TPSA) is 28.2 Å². The van der Waals surface area contributed by atoms with Crippen LogP contribution in [0.15, 0.2) is 12.3 Å². The molecule has 1 heterocycles. The van der Waals surface area contributed by atoms with Crippen LogP contribution in [0.5, 0.6) is 0 Å². The van der Waals surface area contributed by atoms with E-state index in [0.717, 1.165) is 6.42 Å². The van der Waals surface area contributed by atoms with Crippen molar-refractivity contribution in [1.82, 2.24) is 10.3 Å². The predicted octanol–water partition coefficient (Wildman–Crippen LogP) is 3.98. The maximum absolute atomic E-state index is 14.7. The molecule has 1 N–H and O–H groups in total. The van der Waals surface area contributed by atoms with Crippen LogP contribution in [0, 0.1) is 11.7 Å². The van der Waals surface area contributed by atoms with E-state index in [9.17, 15) is 4.39 Å². The molecule has 21 heavy (non-hydrogen) atoms.